The van der Waals surface area contributed by atoms with Gasteiger partial charge in [0.1, 0.15) is 0 Å². The molecule has 0 aromatic carbocycles. The highest BCUT2D eigenvalue weighted by Gasteiger charge is 1.98. The van der Waals surface area contributed by atoms with E-state index in [9.17, 15) is 4.79 Å². The summed E-state index contributed by atoms with van der Waals surface area (Å²) < 4.78 is 5.06. The van der Waals surface area contributed by atoms with Crippen molar-refractivity contribution in [1.29, 1.82) is 0 Å². The fraction of sp³-hybridized carbons (Fsp3) is 0.842. The number of carbonyl (C=O) groups excluding carboxylic acids is 1. The van der Waals surface area contributed by atoms with Gasteiger partial charge < -0.3 is 10.5 Å². The van der Waals surface area contributed by atoms with E-state index in [2.05, 4.69) is 6.92 Å². The molecule has 0 aliphatic heterocycles. The lowest BCUT2D eigenvalue weighted by Gasteiger charge is -2.04. The smallest absolute Gasteiger partial charge is 0.332 e. The van der Waals surface area contributed by atoms with E-state index in [0.29, 0.717) is 12.3 Å². The number of nitrogens with two attached hydrogens (primary N) is 1. The van der Waals surface area contributed by atoms with Crippen LogP contribution in [-0.4, -0.2) is 12.6 Å². The number of unbranched alkanes of at least 4 members (excludes halogenated alkanes) is 12. The minimum Gasteiger partial charge on any atom is -0.462 e. The van der Waals surface area contributed by atoms with Crippen molar-refractivity contribution in [2.24, 2.45) is 5.73 Å². The average molecular weight is 312 g/mol. The van der Waals surface area contributed by atoms with Crippen molar-refractivity contribution in [3.63, 3.8) is 0 Å². The lowest BCUT2D eigenvalue weighted by molar-refractivity contribution is -0.137. The number of carbonyl (C=O) groups is 1. The lowest BCUT2D eigenvalue weighted by Crippen LogP contribution is -2.05. The van der Waals surface area contributed by atoms with E-state index in [0.717, 1.165) is 12.8 Å². The van der Waals surface area contributed by atoms with E-state index >= 15 is 0 Å². The molecular formula is C19H37NO2. The van der Waals surface area contributed by atoms with Gasteiger partial charge in [-0.2, -0.15) is 0 Å². The summed E-state index contributed by atoms with van der Waals surface area (Å²) in [6, 6.07) is 0. The molecule has 0 amide bonds. The van der Waals surface area contributed by atoms with Crippen molar-refractivity contribution in [1.82, 2.24) is 0 Å². The van der Waals surface area contributed by atoms with Crippen LogP contribution in [0.2, 0.25) is 0 Å². The van der Waals surface area contributed by atoms with E-state index in [1.165, 1.54) is 76.7 Å². The Bertz CT molecular complexity index is 283. The molecule has 130 valence electrons. The SMILES string of the molecule is CCCCCCCCCCCCCCCOC(=O)/C=C(/C)N. The van der Waals surface area contributed by atoms with Crippen molar-refractivity contribution in [2.45, 2.75) is 97.3 Å². The van der Waals surface area contributed by atoms with Crippen molar-refractivity contribution in [3.8, 4) is 0 Å². The maximum Gasteiger partial charge on any atom is 0.332 e. The first-order chi connectivity index (χ1) is 10.7. The summed E-state index contributed by atoms with van der Waals surface area (Å²) in [6.07, 6.45) is 18.5. The van der Waals surface area contributed by atoms with Gasteiger partial charge in [-0.25, -0.2) is 4.79 Å². The molecule has 0 spiro atoms. The van der Waals surface area contributed by atoms with Crippen LogP contribution in [0.4, 0.5) is 0 Å². The van der Waals surface area contributed by atoms with Gasteiger partial charge in [0.25, 0.3) is 0 Å². The van der Waals surface area contributed by atoms with E-state index in [1.807, 2.05) is 0 Å². The van der Waals surface area contributed by atoms with Gasteiger partial charge in [0, 0.05) is 11.8 Å². The summed E-state index contributed by atoms with van der Waals surface area (Å²) in [5, 5.41) is 0. The van der Waals surface area contributed by atoms with Crippen LogP contribution < -0.4 is 5.73 Å². The molecule has 3 heteroatoms. The zero-order chi connectivity index (χ0) is 16.5. The second-order valence-corrected chi connectivity index (χ2v) is 6.30. The number of hydrogen-bond donors (Lipinski definition) is 1. The number of ether oxygens (including phenoxy) is 1. The van der Waals surface area contributed by atoms with Gasteiger partial charge in [0.05, 0.1) is 6.61 Å². The lowest BCUT2D eigenvalue weighted by atomic mass is 10.0. The molecule has 0 unspecified atom stereocenters. The Morgan fingerprint density at radius 2 is 1.23 bits per heavy atom. The first kappa shape index (κ1) is 21.0. The first-order valence-electron chi connectivity index (χ1n) is 9.27. The third-order valence-corrected chi connectivity index (χ3v) is 3.84. The topological polar surface area (TPSA) is 52.3 Å². The monoisotopic (exact) mass is 311 g/mol. The maximum atomic E-state index is 11.2. The van der Waals surface area contributed by atoms with Crippen molar-refractivity contribution in [2.75, 3.05) is 6.61 Å². The summed E-state index contributed by atoms with van der Waals surface area (Å²) in [7, 11) is 0. The second-order valence-electron chi connectivity index (χ2n) is 6.30. The van der Waals surface area contributed by atoms with Gasteiger partial charge in [-0.15, -0.1) is 0 Å². The molecule has 2 N–H and O–H groups in total. The molecule has 0 aliphatic carbocycles. The predicted octanol–water partition coefficient (Wildman–Crippen LogP) is 5.48. The van der Waals surface area contributed by atoms with Gasteiger partial charge in [0.15, 0.2) is 0 Å². The third-order valence-electron chi connectivity index (χ3n) is 3.84. The van der Waals surface area contributed by atoms with Crippen LogP contribution in [0, 0.1) is 0 Å². The van der Waals surface area contributed by atoms with Crippen molar-refractivity contribution < 1.29 is 9.53 Å². The molecule has 22 heavy (non-hydrogen) atoms. The molecule has 0 saturated carbocycles. The standard InChI is InChI=1S/C19H37NO2/c1-3-4-5-6-7-8-9-10-11-12-13-14-15-16-22-19(21)17-18(2)20/h17H,3-16,20H2,1-2H3/b18-17-. The van der Waals surface area contributed by atoms with E-state index in [-0.39, 0.29) is 5.97 Å². The van der Waals surface area contributed by atoms with E-state index in [4.69, 9.17) is 10.5 Å². The fourth-order valence-electron chi connectivity index (χ4n) is 2.52. The van der Waals surface area contributed by atoms with Gasteiger partial charge in [0.2, 0.25) is 0 Å². The number of rotatable bonds is 15. The molecule has 0 aliphatic rings. The molecule has 0 bridgehead atoms. The molecule has 0 heterocycles. The van der Waals surface area contributed by atoms with Crippen LogP contribution in [0.3, 0.4) is 0 Å². The normalized spacial score (nSPS) is 11.6. The number of hydrogen-bond acceptors (Lipinski definition) is 3. The summed E-state index contributed by atoms with van der Waals surface area (Å²) in [5.41, 5.74) is 5.90. The van der Waals surface area contributed by atoms with Gasteiger partial charge in [-0.1, -0.05) is 84.0 Å². The molecule has 0 saturated heterocycles. The van der Waals surface area contributed by atoms with Crippen LogP contribution in [0.5, 0.6) is 0 Å². The molecule has 3 nitrogen and oxygen atoms in total. The highest BCUT2D eigenvalue weighted by Crippen LogP contribution is 2.12. The minimum absolute atomic E-state index is 0.320. The fourth-order valence-corrected chi connectivity index (χ4v) is 2.52. The zero-order valence-corrected chi connectivity index (χ0v) is 14.9. The molecule has 0 rings (SSSR count). The molecule has 0 aromatic heterocycles. The summed E-state index contributed by atoms with van der Waals surface area (Å²) in [5.74, 6) is -0.320. The Morgan fingerprint density at radius 1 is 0.818 bits per heavy atom. The molecule has 0 aromatic rings. The Kier molecular flexibility index (Phi) is 15.6. The van der Waals surface area contributed by atoms with Gasteiger partial charge in [-0.05, 0) is 13.3 Å². The Balaban J connectivity index is 3.11. The first-order valence-corrected chi connectivity index (χ1v) is 9.27. The number of esters is 1. The van der Waals surface area contributed by atoms with Crippen LogP contribution in [-0.2, 0) is 9.53 Å². The summed E-state index contributed by atoms with van der Waals surface area (Å²) >= 11 is 0. The van der Waals surface area contributed by atoms with E-state index < -0.39 is 0 Å². The third kappa shape index (κ3) is 17.1. The van der Waals surface area contributed by atoms with Crippen LogP contribution in [0.15, 0.2) is 11.8 Å². The predicted molar refractivity (Wildman–Crippen MR) is 94.6 cm³/mol. The van der Waals surface area contributed by atoms with Crippen LogP contribution in [0.1, 0.15) is 97.3 Å². The van der Waals surface area contributed by atoms with E-state index in [1.54, 1.807) is 6.92 Å². The Morgan fingerprint density at radius 3 is 1.64 bits per heavy atom. The summed E-state index contributed by atoms with van der Waals surface area (Å²) in [6.45, 7) is 4.47. The number of allylic oxidation sites excluding steroid dienone is 1. The zero-order valence-electron chi connectivity index (χ0n) is 14.9. The van der Waals surface area contributed by atoms with Crippen molar-refractivity contribution >= 4 is 5.97 Å². The minimum atomic E-state index is -0.320. The second kappa shape index (κ2) is 16.4. The average Bonchev–Trinajstić information content (AvgIpc) is 2.47. The van der Waals surface area contributed by atoms with Crippen molar-refractivity contribution in [3.05, 3.63) is 11.8 Å². The van der Waals surface area contributed by atoms with Crippen LogP contribution in [0.25, 0.3) is 0 Å². The highest BCUT2D eigenvalue weighted by atomic mass is 16.5. The van der Waals surface area contributed by atoms with Gasteiger partial charge in [-0.3, -0.25) is 0 Å². The van der Waals surface area contributed by atoms with Crippen LogP contribution >= 0.6 is 0 Å². The molecule has 0 atom stereocenters. The molecule has 0 radical (unpaired) electrons. The van der Waals surface area contributed by atoms with Gasteiger partial charge >= 0.3 is 5.97 Å². The Labute approximate surface area is 137 Å². The molecule has 0 fully saturated rings. The molecular weight excluding hydrogens is 274 g/mol. The Hall–Kier alpha value is -0.990. The summed E-state index contributed by atoms with van der Waals surface area (Å²) in [4.78, 5) is 11.2. The maximum absolute atomic E-state index is 11.2. The largest absolute Gasteiger partial charge is 0.462 e. The quantitative estimate of drug-likeness (QED) is 0.247. The highest BCUT2D eigenvalue weighted by molar-refractivity contribution is 5.82.